The van der Waals surface area contributed by atoms with Gasteiger partial charge < -0.3 is 49.1 Å². The van der Waals surface area contributed by atoms with Crippen molar-refractivity contribution in [2.24, 2.45) is 0 Å². The summed E-state index contributed by atoms with van der Waals surface area (Å²) < 4.78 is 102. The number of hydrogen-bond acceptors (Lipinski definition) is 19. The first-order chi connectivity index (χ1) is 34.3. The van der Waals surface area contributed by atoms with Crippen molar-refractivity contribution in [3.05, 3.63) is 41.1 Å². The van der Waals surface area contributed by atoms with E-state index in [0.717, 1.165) is 18.0 Å². The van der Waals surface area contributed by atoms with Crippen LogP contribution in [0.2, 0.25) is 43.8 Å². The van der Waals surface area contributed by atoms with E-state index in [2.05, 4.69) is 102 Å². The van der Waals surface area contributed by atoms with Gasteiger partial charge in [0.05, 0.1) is 52.8 Å². The molecular weight excluding hydrogens is 1050 g/mol. The molecule has 4 aliphatic heterocycles. The van der Waals surface area contributed by atoms with Crippen LogP contribution in [0.1, 0.15) is 45.2 Å². The lowest BCUT2D eigenvalue weighted by atomic mass is 10.1. The third-order valence-electron chi connectivity index (χ3n) is 13.6. The van der Waals surface area contributed by atoms with Gasteiger partial charge in [-0.05, 0) is 29.5 Å². The zero-order valence-electron chi connectivity index (χ0n) is 41.9. The van der Waals surface area contributed by atoms with Crippen molar-refractivity contribution in [1.29, 1.82) is 0 Å². The lowest BCUT2D eigenvalue weighted by molar-refractivity contribution is -0.121. The van der Waals surface area contributed by atoms with Gasteiger partial charge in [-0.3, -0.25) is 36.8 Å². The number of rotatable bonds is 15. The third kappa shape index (κ3) is 13.0. The smallest absolute Gasteiger partial charge is 0.450 e. The van der Waals surface area contributed by atoms with E-state index in [-0.39, 0.29) is 55.5 Å². The van der Waals surface area contributed by atoms with Gasteiger partial charge in [-0.15, -0.1) is 0 Å². The van der Waals surface area contributed by atoms with Crippen molar-refractivity contribution in [2.75, 3.05) is 57.8 Å². The number of anilines is 1. The van der Waals surface area contributed by atoms with Crippen molar-refractivity contribution >= 4 is 83.0 Å². The highest BCUT2D eigenvalue weighted by Crippen LogP contribution is 2.59. The largest absolute Gasteiger partial charge is 0.472 e. The highest BCUT2D eigenvalue weighted by Gasteiger charge is 2.55. The molecule has 2 bridgehead atoms. The normalized spacial score (nSPS) is 29.1. The van der Waals surface area contributed by atoms with Crippen molar-refractivity contribution < 1.29 is 69.8 Å². The van der Waals surface area contributed by atoms with Gasteiger partial charge in [0.1, 0.15) is 67.9 Å². The molecule has 0 radical (unpaired) electrons. The summed E-state index contributed by atoms with van der Waals surface area (Å²) >= 11 is 4.36. The van der Waals surface area contributed by atoms with Crippen LogP contribution >= 0.6 is 26.9 Å². The molecule has 3 fully saturated rings. The number of fused-ring (bicyclic) bond motifs is 4. The summed E-state index contributed by atoms with van der Waals surface area (Å²) in [7, 11) is -8.80. The van der Waals surface area contributed by atoms with Crippen LogP contribution in [0.4, 0.5) is 15.0 Å². The number of carbonyl (C=O) groups is 2. The van der Waals surface area contributed by atoms with E-state index >= 15 is 4.39 Å². The molecule has 73 heavy (non-hydrogen) atoms. The maximum absolute atomic E-state index is 16.8. The molecular formula is C42H65FN10O15P2SSi2. The van der Waals surface area contributed by atoms with Crippen LogP contribution in [-0.4, -0.2) is 156 Å². The van der Waals surface area contributed by atoms with E-state index in [1.165, 1.54) is 32.7 Å². The second-order valence-electron chi connectivity index (χ2n) is 21.2. The van der Waals surface area contributed by atoms with Crippen LogP contribution in [0.25, 0.3) is 22.2 Å². The number of amides is 2. The fourth-order valence-electron chi connectivity index (χ4n) is 8.32. The Morgan fingerprint density at radius 1 is 0.959 bits per heavy atom. The summed E-state index contributed by atoms with van der Waals surface area (Å²) in [4.78, 5) is 66.9. The second kappa shape index (κ2) is 22.1. The van der Waals surface area contributed by atoms with Crippen molar-refractivity contribution in [3.63, 3.8) is 0 Å². The molecule has 0 saturated carbocycles. The number of phosphoric acid groups is 1. The molecule has 8 heterocycles. The monoisotopic (exact) mass is 1120 g/mol. The molecule has 3 saturated heterocycles. The summed E-state index contributed by atoms with van der Waals surface area (Å²) in [5, 5.41) is 8.68. The molecule has 4 aromatic rings. The van der Waals surface area contributed by atoms with Gasteiger partial charge >= 0.3 is 20.7 Å². The summed E-state index contributed by atoms with van der Waals surface area (Å²) in [5.74, 6) is 0.0657. The molecule has 4 aliphatic rings. The van der Waals surface area contributed by atoms with E-state index in [0.29, 0.717) is 29.8 Å². The minimum absolute atomic E-state index is 0.00931. The number of nitrogens with zero attached hydrogens (tertiary/aromatic N) is 7. The Hall–Kier alpha value is -3.68. The Kier molecular flexibility index (Phi) is 16.8. The number of nitrogens with one attached hydrogen (secondary N) is 3. The quantitative estimate of drug-likeness (QED) is 0.0341. The molecule has 0 aromatic carbocycles. The Morgan fingerprint density at radius 3 is 2.47 bits per heavy atom. The average molecular weight is 1120 g/mol. The number of aromatic nitrogens is 7. The van der Waals surface area contributed by atoms with E-state index in [9.17, 15) is 28.4 Å². The molecule has 0 spiro atoms. The zero-order chi connectivity index (χ0) is 52.7. The predicted octanol–water partition coefficient (Wildman–Crippen LogP) is 5.07. The van der Waals surface area contributed by atoms with Crippen LogP contribution in [0.5, 0.6) is 0 Å². The Morgan fingerprint density at radius 2 is 1.71 bits per heavy atom. The topological polar surface area (TPSA) is 291 Å². The number of alkyl carbamates (subject to hydrolysis) is 1. The Bertz CT molecular complexity index is 2810. The van der Waals surface area contributed by atoms with Crippen LogP contribution in [-0.2, 0) is 68.7 Å². The Labute approximate surface area is 427 Å². The standard InChI is InChI=1S/C42H65FN10O15P2SSi2/c1-42(2,3)73(7,8)24-62-33-27-18-63-69(57,58)67-32-26(65-39(30(32)43)52-17-25-10-9-11-44-35-29(25)36(52)47-20-46-35)19-64-70(59,71)68-34(33)40(66-27)53-22-48-31-37(53)49-21-51(38(31)55)12-13-60-23-50-28(54)16-45-41(56)61-14-15-72(4,5)6/h17,20-22,26-27,30,32-34,39-40H,9-16,18-19,23-24H2,1-8H3,(H,45,56)(H,50,54)(H,57,58)(H,59,71)(H,44,46,47)/t26-,27-,30-,32-,33-,34-,39-,40-,70?/m1/s1. The molecule has 2 unspecified atom stereocenters. The van der Waals surface area contributed by atoms with Gasteiger partial charge in [-0.25, -0.2) is 38.3 Å². The minimum atomic E-state index is -5.17. The maximum Gasteiger partial charge on any atom is 0.472 e. The van der Waals surface area contributed by atoms with Crippen LogP contribution in [0.3, 0.4) is 0 Å². The lowest BCUT2D eigenvalue weighted by Crippen LogP contribution is -2.47. The second-order valence-corrected chi connectivity index (χ2v) is 36.6. The molecule has 404 valence electrons. The fourth-order valence-corrected chi connectivity index (χ4v) is 12.5. The van der Waals surface area contributed by atoms with Crippen molar-refractivity contribution in [3.8, 4) is 0 Å². The van der Waals surface area contributed by atoms with Crippen LogP contribution in [0.15, 0.2) is 30.0 Å². The fraction of sp³-hybridized carbons (Fsp3) is 0.690. The van der Waals surface area contributed by atoms with Gasteiger partial charge in [0.2, 0.25) is 5.91 Å². The number of carbonyl (C=O) groups excluding carboxylic acids is 2. The molecule has 25 nitrogen and oxygen atoms in total. The summed E-state index contributed by atoms with van der Waals surface area (Å²) in [6.45, 7) is 11.5. The van der Waals surface area contributed by atoms with Crippen LogP contribution in [0, 0.1) is 0 Å². The van der Waals surface area contributed by atoms with E-state index in [1.807, 2.05) is 0 Å². The lowest BCUT2D eigenvalue weighted by Gasteiger charge is -2.38. The van der Waals surface area contributed by atoms with E-state index < -0.39 is 111 Å². The highest BCUT2D eigenvalue weighted by atomic mass is 32.7. The molecule has 2 amide bonds. The molecule has 4 N–H and O–H groups in total. The Balaban J connectivity index is 0.993. The molecule has 8 rings (SSSR count). The predicted molar refractivity (Wildman–Crippen MR) is 270 cm³/mol. The van der Waals surface area contributed by atoms with E-state index in [4.69, 9.17) is 41.8 Å². The van der Waals surface area contributed by atoms with Gasteiger partial charge in [0, 0.05) is 27.0 Å². The third-order valence-corrected chi connectivity index (χ3v) is 22.8. The number of aryl methyl sites for hydroxylation is 1. The summed E-state index contributed by atoms with van der Waals surface area (Å²) in [6, 6.07) is 0.794. The van der Waals surface area contributed by atoms with Gasteiger partial charge in [0.25, 0.3) is 5.56 Å². The number of hydrogen-bond donors (Lipinski definition) is 5. The molecule has 0 aliphatic carbocycles. The number of alkyl halides is 1. The van der Waals surface area contributed by atoms with Gasteiger partial charge in [-0.2, -0.15) is 0 Å². The van der Waals surface area contributed by atoms with E-state index in [1.54, 1.807) is 6.20 Å². The first-order valence-corrected chi connectivity index (χ1v) is 35.1. The first kappa shape index (κ1) is 55.6. The minimum Gasteiger partial charge on any atom is -0.450 e. The van der Waals surface area contributed by atoms with Crippen molar-refractivity contribution in [2.45, 2.75) is 133 Å². The number of halogens is 1. The zero-order valence-corrected chi connectivity index (χ0v) is 46.6. The molecule has 31 heteroatoms. The molecule has 10 atom stereocenters. The number of ether oxygens (including phenoxy) is 5. The summed E-state index contributed by atoms with van der Waals surface area (Å²) in [6.07, 6.45) is -5.39. The molecule has 4 aromatic heterocycles. The number of imidazole rings is 1. The first-order valence-electron chi connectivity index (χ1n) is 23.9. The SMILES string of the molecule is CC(C)(C)[Si](C)(C)CO[C@H]1[C@H]2OP(=O)(S)OC[C@H]3O[C@@H](n4cc5c6c(ncnc64)NCCC5)[C@H](F)[C@@H]3OP(=O)(O)OC[C@H]1O[C@H]2n1cnc2c(=O)n(CCOCNC(=O)CNC(=O)OCC[Si](C)(C)C)cnc21. The highest BCUT2D eigenvalue weighted by molar-refractivity contribution is 8.44. The maximum atomic E-state index is 16.8. The summed E-state index contributed by atoms with van der Waals surface area (Å²) in [5.41, 5.74) is 0.578. The number of thiol groups is 1. The van der Waals surface area contributed by atoms with Crippen LogP contribution < -0.4 is 21.5 Å². The van der Waals surface area contributed by atoms with Crippen molar-refractivity contribution in [1.82, 2.24) is 44.3 Å². The van der Waals surface area contributed by atoms with Gasteiger partial charge in [-0.1, -0.05) is 65.8 Å². The van der Waals surface area contributed by atoms with Gasteiger partial charge in [0.15, 0.2) is 29.8 Å². The average Bonchev–Trinajstić information content (AvgIpc) is 4.03. The number of phosphoric ester groups is 1.